The second kappa shape index (κ2) is 8.68. The van der Waals surface area contributed by atoms with E-state index >= 15 is 0 Å². The lowest BCUT2D eigenvalue weighted by Crippen LogP contribution is -2.47. The summed E-state index contributed by atoms with van der Waals surface area (Å²) in [6.07, 6.45) is 5.62. The molecule has 2 fully saturated rings. The lowest BCUT2D eigenvalue weighted by Gasteiger charge is -2.34. The van der Waals surface area contributed by atoms with Crippen molar-refractivity contribution >= 4 is 39.1 Å². The number of rotatable bonds is 4. The average molecular weight is 433 g/mol. The minimum absolute atomic E-state index is 0.0237. The molecule has 1 saturated heterocycles. The highest BCUT2D eigenvalue weighted by molar-refractivity contribution is 7.89. The van der Waals surface area contributed by atoms with Crippen LogP contribution in [0.1, 0.15) is 45.4 Å². The molecule has 0 unspecified atom stereocenters. The van der Waals surface area contributed by atoms with E-state index in [0.717, 1.165) is 19.3 Å². The van der Waals surface area contributed by atoms with Crippen LogP contribution < -0.4 is 5.32 Å². The third-order valence-electron chi connectivity index (χ3n) is 5.80. The number of carbonyl (C=O) groups excluding carboxylic acids is 1. The van der Waals surface area contributed by atoms with Gasteiger partial charge in [-0.15, -0.1) is 0 Å². The predicted molar refractivity (Wildman–Crippen MR) is 108 cm³/mol. The average Bonchev–Trinajstić information content (AvgIpc) is 2.65. The molecule has 1 N–H and O–H groups in total. The summed E-state index contributed by atoms with van der Waals surface area (Å²) in [5, 5.41) is 3.46. The van der Waals surface area contributed by atoms with Crippen LogP contribution in [0.2, 0.25) is 10.0 Å². The Labute approximate surface area is 171 Å². The van der Waals surface area contributed by atoms with E-state index in [0.29, 0.717) is 31.8 Å². The number of benzene rings is 1. The molecule has 0 aromatic heterocycles. The monoisotopic (exact) mass is 432 g/mol. The first kappa shape index (κ1) is 20.9. The molecule has 2 aliphatic rings. The van der Waals surface area contributed by atoms with E-state index in [1.165, 1.54) is 16.8 Å². The zero-order chi connectivity index (χ0) is 19.6. The van der Waals surface area contributed by atoms with E-state index in [9.17, 15) is 13.2 Å². The molecule has 150 valence electrons. The van der Waals surface area contributed by atoms with E-state index in [1.54, 1.807) is 12.1 Å². The molecule has 0 bridgehead atoms. The van der Waals surface area contributed by atoms with Gasteiger partial charge >= 0.3 is 0 Å². The fourth-order valence-electron chi connectivity index (χ4n) is 4.01. The minimum Gasteiger partial charge on any atom is -0.353 e. The largest absolute Gasteiger partial charge is 0.353 e. The Kier molecular flexibility index (Phi) is 6.72. The normalized spacial score (nSPS) is 25.3. The maximum absolute atomic E-state index is 12.9. The van der Waals surface area contributed by atoms with E-state index in [1.807, 2.05) is 0 Å². The maximum Gasteiger partial charge on any atom is 0.244 e. The van der Waals surface area contributed by atoms with Crippen molar-refractivity contribution in [1.82, 2.24) is 9.62 Å². The Bertz CT molecular complexity index is 792. The molecule has 1 aromatic rings. The fourth-order valence-corrected chi connectivity index (χ4v) is 6.22. The molecule has 0 radical (unpaired) electrons. The number of amides is 1. The van der Waals surface area contributed by atoms with Crippen molar-refractivity contribution < 1.29 is 13.2 Å². The van der Waals surface area contributed by atoms with Crippen LogP contribution in [0.4, 0.5) is 0 Å². The third-order valence-corrected chi connectivity index (χ3v) is 8.67. The summed E-state index contributed by atoms with van der Waals surface area (Å²) in [7, 11) is -3.72. The highest BCUT2D eigenvalue weighted by atomic mass is 35.5. The summed E-state index contributed by atoms with van der Waals surface area (Å²) in [5.41, 5.74) is 0. The smallest absolute Gasteiger partial charge is 0.244 e. The Balaban J connectivity index is 1.61. The fraction of sp³-hybridized carbons (Fsp3) is 0.632. The van der Waals surface area contributed by atoms with Gasteiger partial charge in [0.15, 0.2) is 0 Å². The van der Waals surface area contributed by atoms with Gasteiger partial charge in [-0.1, -0.05) is 49.0 Å². The number of nitrogens with one attached hydrogen (secondary N) is 1. The number of piperidine rings is 1. The van der Waals surface area contributed by atoms with E-state index in [4.69, 9.17) is 23.2 Å². The maximum atomic E-state index is 12.9. The number of nitrogens with zero attached hydrogens (tertiary/aromatic N) is 1. The quantitative estimate of drug-likeness (QED) is 0.778. The zero-order valence-corrected chi connectivity index (χ0v) is 17.8. The number of hydrogen-bond donors (Lipinski definition) is 1. The summed E-state index contributed by atoms with van der Waals surface area (Å²) in [6.45, 7) is 2.81. The molecule has 1 aliphatic carbocycles. The van der Waals surface area contributed by atoms with Gasteiger partial charge in [-0.05, 0) is 43.7 Å². The van der Waals surface area contributed by atoms with Crippen molar-refractivity contribution in [1.29, 1.82) is 0 Å². The molecule has 1 aromatic carbocycles. The highest BCUT2D eigenvalue weighted by Crippen LogP contribution is 2.33. The molecule has 5 nitrogen and oxygen atoms in total. The molecule has 1 aliphatic heterocycles. The predicted octanol–water partition coefficient (Wildman–Crippen LogP) is 4.09. The van der Waals surface area contributed by atoms with Gasteiger partial charge in [0.25, 0.3) is 0 Å². The molecule has 27 heavy (non-hydrogen) atoms. The van der Waals surface area contributed by atoms with Crippen molar-refractivity contribution in [2.75, 3.05) is 13.1 Å². The van der Waals surface area contributed by atoms with E-state index in [-0.39, 0.29) is 32.8 Å². The molecule has 2 atom stereocenters. The molecular weight excluding hydrogens is 407 g/mol. The van der Waals surface area contributed by atoms with Crippen molar-refractivity contribution in [3.05, 3.63) is 28.2 Å². The standard InChI is InChI=1S/C19H26Cl2N2O3S/c1-13-5-2-3-7-16(13)22-19(24)14-9-11-23(12-10-14)27(25,26)17-8-4-6-15(20)18(17)21/h4,6,8,13-14,16H,2-3,5,7,9-12H2,1H3,(H,22,24)/t13-,16+/m1/s1. The minimum atomic E-state index is -3.72. The van der Waals surface area contributed by atoms with Gasteiger partial charge in [0.05, 0.1) is 10.0 Å². The van der Waals surface area contributed by atoms with Crippen LogP contribution in [0.25, 0.3) is 0 Å². The Morgan fingerprint density at radius 1 is 1.11 bits per heavy atom. The molecular formula is C19H26Cl2N2O3S. The van der Waals surface area contributed by atoms with Crippen LogP contribution in [-0.4, -0.2) is 37.8 Å². The van der Waals surface area contributed by atoms with Gasteiger partial charge in [0.1, 0.15) is 4.90 Å². The lowest BCUT2D eigenvalue weighted by molar-refractivity contribution is -0.127. The van der Waals surface area contributed by atoms with Gasteiger partial charge < -0.3 is 5.32 Å². The SMILES string of the molecule is C[C@@H]1CCCC[C@@H]1NC(=O)C1CCN(S(=O)(=O)c2cccc(Cl)c2Cl)CC1. The zero-order valence-electron chi connectivity index (χ0n) is 15.5. The summed E-state index contributed by atoms with van der Waals surface area (Å²) in [4.78, 5) is 12.6. The number of carbonyl (C=O) groups is 1. The summed E-state index contributed by atoms with van der Waals surface area (Å²) in [6, 6.07) is 4.85. The lowest BCUT2D eigenvalue weighted by atomic mass is 9.85. The van der Waals surface area contributed by atoms with Crippen LogP contribution in [0.15, 0.2) is 23.1 Å². The van der Waals surface area contributed by atoms with Crippen LogP contribution >= 0.6 is 23.2 Å². The number of halogens is 2. The van der Waals surface area contributed by atoms with Gasteiger partial charge in [-0.25, -0.2) is 8.42 Å². The highest BCUT2D eigenvalue weighted by Gasteiger charge is 2.34. The van der Waals surface area contributed by atoms with Gasteiger partial charge in [0, 0.05) is 25.0 Å². The number of sulfonamides is 1. The molecule has 1 saturated carbocycles. The molecule has 1 heterocycles. The molecule has 1 amide bonds. The summed E-state index contributed by atoms with van der Waals surface area (Å²) in [5.74, 6) is 0.431. The van der Waals surface area contributed by atoms with Crippen LogP contribution in [0, 0.1) is 11.8 Å². The van der Waals surface area contributed by atoms with Crippen LogP contribution in [0.3, 0.4) is 0 Å². The molecule has 0 spiro atoms. The molecule has 8 heteroatoms. The summed E-state index contributed by atoms with van der Waals surface area (Å²) >= 11 is 12.1. The first-order chi connectivity index (χ1) is 12.8. The molecule has 3 rings (SSSR count). The van der Waals surface area contributed by atoms with Crippen molar-refractivity contribution in [2.24, 2.45) is 11.8 Å². The second-order valence-corrected chi connectivity index (χ2v) is 10.3. The van der Waals surface area contributed by atoms with Gasteiger partial charge in [-0.2, -0.15) is 4.31 Å². The third kappa shape index (κ3) is 4.61. The van der Waals surface area contributed by atoms with Gasteiger partial charge in [0.2, 0.25) is 15.9 Å². The first-order valence-corrected chi connectivity index (χ1v) is 11.7. The van der Waals surface area contributed by atoms with Gasteiger partial charge in [-0.3, -0.25) is 4.79 Å². The van der Waals surface area contributed by atoms with Crippen LogP contribution in [-0.2, 0) is 14.8 Å². The Hall–Kier alpha value is -0.820. The first-order valence-electron chi connectivity index (χ1n) is 9.55. The Morgan fingerprint density at radius 3 is 2.44 bits per heavy atom. The summed E-state index contributed by atoms with van der Waals surface area (Å²) < 4.78 is 27.2. The number of hydrogen-bond acceptors (Lipinski definition) is 3. The van der Waals surface area contributed by atoms with Crippen molar-refractivity contribution in [2.45, 2.75) is 56.4 Å². The van der Waals surface area contributed by atoms with Crippen molar-refractivity contribution in [3.8, 4) is 0 Å². The topological polar surface area (TPSA) is 66.5 Å². The van der Waals surface area contributed by atoms with Crippen LogP contribution in [0.5, 0.6) is 0 Å². The van der Waals surface area contributed by atoms with E-state index in [2.05, 4.69) is 12.2 Å². The second-order valence-electron chi connectivity index (χ2n) is 7.61. The van der Waals surface area contributed by atoms with Crippen molar-refractivity contribution in [3.63, 3.8) is 0 Å². The Morgan fingerprint density at radius 2 is 1.78 bits per heavy atom. The van der Waals surface area contributed by atoms with E-state index < -0.39 is 10.0 Å².